The van der Waals surface area contributed by atoms with Crippen molar-refractivity contribution in [3.05, 3.63) is 0 Å². The van der Waals surface area contributed by atoms with E-state index in [0.717, 1.165) is 45.2 Å². The van der Waals surface area contributed by atoms with E-state index >= 15 is 0 Å². The molecule has 0 amide bonds. The van der Waals surface area contributed by atoms with Gasteiger partial charge < -0.3 is 15.1 Å². The van der Waals surface area contributed by atoms with Crippen molar-refractivity contribution in [3.8, 4) is 0 Å². The molecular weight excluding hydrogens is 306 g/mol. The molecule has 2 aliphatic heterocycles. The molecule has 0 aliphatic carbocycles. The van der Waals surface area contributed by atoms with Crippen molar-refractivity contribution >= 4 is 17.7 Å². The average Bonchev–Trinajstić information content (AvgIpc) is 2.50. The second-order valence-corrected chi connectivity index (χ2v) is 9.21. The van der Waals surface area contributed by atoms with Gasteiger partial charge in [0.25, 0.3) is 0 Å². The highest BCUT2D eigenvalue weighted by molar-refractivity contribution is 8.00. The quantitative estimate of drug-likeness (QED) is 0.618. The van der Waals surface area contributed by atoms with Crippen LogP contribution in [-0.4, -0.2) is 96.6 Å². The highest BCUT2D eigenvalue weighted by Gasteiger charge is 2.29. The molecule has 0 saturated carbocycles. The molecule has 2 saturated heterocycles. The standard InChI is InChI=1S/C17H35N5S/c1-6-18-16(22-11-12-23-17(3,4)14-22)19-13-15(2)21-9-7-20(5)8-10-21/h15H,6-14H2,1-5H3,(H,18,19). The van der Waals surface area contributed by atoms with Crippen LogP contribution in [0.4, 0.5) is 0 Å². The molecular formula is C17H35N5S. The first-order valence-corrected chi connectivity index (χ1v) is 9.99. The number of guanidine groups is 1. The molecule has 0 radical (unpaired) electrons. The van der Waals surface area contributed by atoms with Gasteiger partial charge in [0.2, 0.25) is 0 Å². The highest BCUT2D eigenvalue weighted by atomic mass is 32.2. The van der Waals surface area contributed by atoms with E-state index in [9.17, 15) is 0 Å². The number of nitrogens with one attached hydrogen (secondary N) is 1. The molecule has 0 aromatic heterocycles. The van der Waals surface area contributed by atoms with E-state index in [1.807, 2.05) is 0 Å². The second-order valence-electron chi connectivity index (χ2n) is 7.41. The van der Waals surface area contributed by atoms with Crippen molar-refractivity contribution in [1.29, 1.82) is 0 Å². The number of hydrogen-bond donors (Lipinski definition) is 1. The molecule has 0 aromatic rings. The summed E-state index contributed by atoms with van der Waals surface area (Å²) < 4.78 is 0.317. The summed E-state index contributed by atoms with van der Waals surface area (Å²) in [5.41, 5.74) is 0. The highest BCUT2D eigenvalue weighted by Crippen LogP contribution is 2.29. The van der Waals surface area contributed by atoms with Crippen LogP contribution in [-0.2, 0) is 0 Å². The fraction of sp³-hybridized carbons (Fsp3) is 0.941. The maximum atomic E-state index is 4.96. The smallest absolute Gasteiger partial charge is 0.194 e. The Morgan fingerprint density at radius 3 is 2.52 bits per heavy atom. The number of hydrogen-bond acceptors (Lipinski definition) is 4. The van der Waals surface area contributed by atoms with Crippen molar-refractivity contribution in [3.63, 3.8) is 0 Å². The second kappa shape index (κ2) is 8.58. The predicted molar refractivity (Wildman–Crippen MR) is 103 cm³/mol. The zero-order chi connectivity index (χ0) is 16.9. The van der Waals surface area contributed by atoms with E-state index in [-0.39, 0.29) is 0 Å². The van der Waals surface area contributed by atoms with Gasteiger partial charge in [-0.1, -0.05) is 0 Å². The summed E-state index contributed by atoms with van der Waals surface area (Å²) in [6, 6.07) is 0.518. The lowest BCUT2D eigenvalue weighted by Crippen LogP contribution is -2.52. The first-order chi connectivity index (χ1) is 10.9. The Kier molecular flexibility index (Phi) is 7.04. The van der Waals surface area contributed by atoms with Crippen LogP contribution in [0, 0.1) is 0 Å². The molecule has 6 heteroatoms. The van der Waals surface area contributed by atoms with Gasteiger partial charge in [0.05, 0.1) is 6.54 Å². The summed E-state index contributed by atoms with van der Waals surface area (Å²) >= 11 is 2.07. The van der Waals surface area contributed by atoms with E-state index in [4.69, 9.17) is 4.99 Å². The van der Waals surface area contributed by atoms with Gasteiger partial charge in [0, 0.05) is 62.4 Å². The minimum Gasteiger partial charge on any atom is -0.357 e. The van der Waals surface area contributed by atoms with Crippen LogP contribution in [0.25, 0.3) is 0 Å². The molecule has 0 aromatic carbocycles. The molecule has 5 nitrogen and oxygen atoms in total. The Hall–Kier alpha value is -0.460. The average molecular weight is 342 g/mol. The first kappa shape index (κ1) is 18.9. The number of piperazine rings is 1. The SMILES string of the molecule is CCNC(=NCC(C)N1CCN(C)CC1)N1CCSC(C)(C)C1. The molecule has 2 rings (SSSR count). The van der Waals surface area contributed by atoms with Gasteiger partial charge in [-0.2, -0.15) is 11.8 Å². The lowest BCUT2D eigenvalue weighted by molar-refractivity contribution is 0.122. The number of rotatable bonds is 4. The molecule has 2 heterocycles. The van der Waals surface area contributed by atoms with Crippen LogP contribution >= 0.6 is 11.8 Å². The Labute approximate surface area is 146 Å². The fourth-order valence-electron chi connectivity index (χ4n) is 3.22. The van der Waals surface area contributed by atoms with Crippen molar-refractivity contribution in [2.75, 3.05) is 65.2 Å². The third-order valence-corrected chi connectivity index (χ3v) is 6.02. The molecule has 134 valence electrons. The maximum absolute atomic E-state index is 4.96. The van der Waals surface area contributed by atoms with E-state index in [2.05, 4.69) is 66.5 Å². The summed E-state index contributed by atoms with van der Waals surface area (Å²) in [7, 11) is 2.21. The summed E-state index contributed by atoms with van der Waals surface area (Å²) in [6.45, 7) is 17.8. The molecule has 2 aliphatic rings. The molecule has 1 unspecified atom stereocenters. The molecule has 1 atom stereocenters. The predicted octanol–water partition coefficient (Wildman–Crippen LogP) is 1.42. The lowest BCUT2D eigenvalue weighted by Gasteiger charge is -2.39. The molecule has 23 heavy (non-hydrogen) atoms. The Bertz CT molecular complexity index is 390. The van der Waals surface area contributed by atoms with Gasteiger partial charge in [-0.3, -0.25) is 9.89 Å². The normalized spacial score (nSPS) is 25.4. The number of likely N-dealkylation sites (N-methyl/N-ethyl adjacent to an activating group) is 1. The fourth-order valence-corrected chi connectivity index (χ4v) is 4.33. The van der Waals surface area contributed by atoms with Gasteiger partial charge in [-0.25, -0.2) is 0 Å². The Morgan fingerprint density at radius 2 is 1.91 bits per heavy atom. The molecule has 0 spiro atoms. The third-order valence-electron chi connectivity index (χ3n) is 4.73. The largest absolute Gasteiger partial charge is 0.357 e. The number of aliphatic imine (C=N–C) groups is 1. The summed E-state index contributed by atoms with van der Waals surface area (Å²) in [5.74, 6) is 2.28. The zero-order valence-electron chi connectivity index (χ0n) is 15.6. The van der Waals surface area contributed by atoms with Crippen molar-refractivity contribution in [2.24, 2.45) is 4.99 Å². The van der Waals surface area contributed by atoms with E-state index in [1.165, 1.54) is 18.8 Å². The topological polar surface area (TPSA) is 34.1 Å². The monoisotopic (exact) mass is 341 g/mol. The van der Waals surface area contributed by atoms with Crippen molar-refractivity contribution in [2.45, 2.75) is 38.5 Å². The van der Waals surface area contributed by atoms with E-state index in [1.54, 1.807) is 0 Å². The van der Waals surface area contributed by atoms with Crippen LogP contribution in [0.3, 0.4) is 0 Å². The summed E-state index contributed by atoms with van der Waals surface area (Å²) in [6.07, 6.45) is 0. The van der Waals surface area contributed by atoms with Gasteiger partial charge in [-0.15, -0.1) is 0 Å². The van der Waals surface area contributed by atoms with Gasteiger partial charge in [-0.05, 0) is 34.7 Å². The third kappa shape index (κ3) is 5.84. The van der Waals surface area contributed by atoms with Crippen LogP contribution in [0.1, 0.15) is 27.7 Å². The number of nitrogens with zero attached hydrogens (tertiary/aromatic N) is 4. The summed E-state index contributed by atoms with van der Waals surface area (Å²) in [5, 5.41) is 3.50. The van der Waals surface area contributed by atoms with E-state index < -0.39 is 0 Å². The van der Waals surface area contributed by atoms with Crippen LogP contribution in [0.15, 0.2) is 4.99 Å². The van der Waals surface area contributed by atoms with Crippen LogP contribution in [0.2, 0.25) is 0 Å². The van der Waals surface area contributed by atoms with Gasteiger partial charge >= 0.3 is 0 Å². The summed E-state index contributed by atoms with van der Waals surface area (Å²) in [4.78, 5) is 12.4. The zero-order valence-corrected chi connectivity index (χ0v) is 16.5. The lowest BCUT2D eigenvalue weighted by atomic mass is 10.2. The van der Waals surface area contributed by atoms with E-state index in [0.29, 0.717) is 10.8 Å². The van der Waals surface area contributed by atoms with Crippen LogP contribution in [0.5, 0.6) is 0 Å². The number of thioether (sulfide) groups is 1. The van der Waals surface area contributed by atoms with Crippen molar-refractivity contribution in [1.82, 2.24) is 20.0 Å². The first-order valence-electron chi connectivity index (χ1n) is 9.01. The minimum atomic E-state index is 0.317. The van der Waals surface area contributed by atoms with Crippen LogP contribution < -0.4 is 5.32 Å². The van der Waals surface area contributed by atoms with Gasteiger partial charge in [0.1, 0.15) is 0 Å². The Balaban J connectivity index is 1.92. The minimum absolute atomic E-state index is 0.317. The Morgan fingerprint density at radius 1 is 1.22 bits per heavy atom. The molecule has 1 N–H and O–H groups in total. The molecule has 0 bridgehead atoms. The van der Waals surface area contributed by atoms with Gasteiger partial charge in [0.15, 0.2) is 5.96 Å². The van der Waals surface area contributed by atoms with Crippen molar-refractivity contribution < 1.29 is 0 Å². The maximum Gasteiger partial charge on any atom is 0.194 e. The molecule has 2 fully saturated rings.